The molecule has 0 aliphatic heterocycles. The molecule has 132 valence electrons. The molecule has 0 aromatic carbocycles. The molecule has 1 aliphatic carbocycles. The molecule has 2 rings (SSSR count). The second kappa shape index (κ2) is 7.62. The number of carbonyl (C=O) groups is 1. The van der Waals surface area contributed by atoms with E-state index < -0.39 is 0 Å². The number of nitrogens with one attached hydrogen (secondary N) is 3. The smallest absolute Gasteiger partial charge is 0.315 e. The van der Waals surface area contributed by atoms with E-state index in [2.05, 4.69) is 46.4 Å². The molecule has 1 fully saturated rings. The lowest BCUT2D eigenvalue weighted by atomic mass is 9.62. The quantitative estimate of drug-likeness (QED) is 0.549. The number of isocyanates is 1. The molecule has 1 aromatic heterocycles. The van der Waals surface area contributed by atoms with Crippen molar-refractivity contribution in [1.82, 2.24) is 20.6 Å². The Balaban J connectivity index is 1.85. The average molecular weight is 333 g/mol. The van der Waals surface area contributed by atoms with Crippen LogP contribution in [0.1, 0.15) is 45.7 Å². The number of rotatable bonds is 6. The Kier molecular flexibility index (Phi) is 5.78. The summed E-state index contributed by atoms with van der Waals surface area (Å²) in [6.45, 7) is 7.52. The number of aliphatic imine (C=N–C) groups is 1. The van der Waals surface area contributed by atoms with Crippen LogP contribution in [0.2, 0.25) is 0 Å². The molecule has 1 saturated carbocycles. The Morgan fingerprint density at radius 1 is 1.46 bits per heavy atom. The van der Waals surface area contributed by atoms with Gasteiger partial charge in [-0.1, -0.05) is 20.8 Å². The fourth-order valence-electron chi connectivity index (χ4n) is 4.05. The van der Waals surface area contributed by atoms with Crippen LogP contribution in [0.3, 0.4) is 0 Å². The lowest BCUT2D eigenvalue weighted by Crippen LogP contribution is -2.50. The number of aromatic amines is 1. The van der Waals surface area contributed by atoms with Crippen LogP contribution < -0.4 is 10.6 Å². The van der Waals surface area contributed by atoms with Crippen LogP contribution in [0.25, 0.3) is 0 Å². The van der Waals surface area contributed by atoms with Crippen molar-refractivity contribution in [2.75, 3.05) is 13.1 Å². The van der Waals surface area contributed by atoms with Crippen LogP contribution in [-0.4, -0.2) is 41.2 Å². The maximum absolute atomic E-state index is 12.1. The first kappa shape index (κ1) is 18.2. The molecule has 0 bridgehead atoms. The summed E-state index contributed by atoms with van der Waals surface area (Å²) in [5.74, 6) is 0. The number of hydrogen-bond acceptors (Lipinski definition) is 4. The normalized spacial score (nSPS) is 25.5. The molecule has 24 heavy (non-hydrogen) atoms. The largest absolute Gasteiger partial charge is 0.348 e. The summed E-state index contributed by atoms with van der Waals surface area (Å²) in [5, 5.41) is 5.95. The molecule has 1 aliphatic rings. The van der Waals surface area contributed by atoms with Gasteiger partial charge in [-0.3, -0.25) is 0 Å². The predicted molar refractivity (Wildman–Crippen MR) is 91.3 cm³/mol. The first-order valence-electron chi connectivity index (χ1n) is 8.37. The van der Waals surface area contributed by atoms with Crippen LogP contribution >= 0.6 is 0 Å². The first-order valence-corrected chi connectivity index (χ1v) is 8.37. The van der Waals surface area contributed by atoms with Crippen molar-refractivity contribution in [2.45, 2.75) is 52.5 Å². The predicted octanol–water partition coefficient (Wildman–Crippen LogP) is 2.17. The van der Waals surface area contributed by atoms with Gasteiger partial charge in [-0.15, -0.1) is 0 Å². The zero-order valence-corrected chi connectivity index (χ0v) is 14.7. The molecule has 2 unspecified atom stereocenters. The van der Waals surface area contributed by atoms with Crippen molar-refractivity contribution < 1.29 is 9.59 Å². The van der Waals surface area contributed by atoms with Crippen LogP contribution in [0, 0.1) is 10.8 Å². The molecule has 2 amide bonds. The summed E-state index contributed by atoms with van der Waals surface area (Å²) in [5.41, 5.74) is 1.00. The van der Waals surface area contributed by atoms with E-state index in [1.165, 1.54) is 0 Å². The topological polar surface area (TPSA) is 99.2 Å². The second-order valence-electron chi connectivity index (χ2n) is 7.89. The zero-order valence-electron chi connectivity index (χ0n) is 14.7. The summed E-state index contributed by atoms with van der Waals surface area (Å²) in [7, 11) is 0. The molecule has 7 nitrogen and oxygen atoms in total. The molecule has 7 heteroatoms. The molecule has 0 radical (unpaired) electrons. The van der Waals surface area contributed by atoms with Crippen molar-refractivity contribution in [3.8, 4) is 0 Å². The number of amides is 2. The number of H-pyrrole nitrogens is 1. The van der Waals surface area contributed by atoms with Crippen molar-refractivity contribution >= 4 is 12.1 Å². The maximum Gasteiger partial charge on any atom is 0.315 e. The minimum Gasteiger partial charge on any atom is -0.348 e. The molecular weight excluding hydrogens is 306 g/mol. The molecule has 1 aromatic rings. The summed E-state index contributed by atoms with van der Waals surface area (Å²) in [4.78, 5) is 33.3. The molecule has 3 N–H and O–H groups in total. The molecule has 2 atom stereocenters. The first-order chi connectivity index (χ1) is 11.3. The fourth-order valence-corrected chi connectivity index (χ4v) is 4.05. The zero-order chi connectivity index (χ0) is 17.6. The van der Waals surface area contributed by atoms with Gasteiger partial charge in [0, 0.05) is 30.9 Å². The molecule has 0 spiro atoms. The molecular formula is C17H27N5O2. The Bertz CT molecular complexity index is 592. The number of aromatic nitrogens is 2. The number of nitrogens with zero attached hydrogens (tertiary/aromatic N) is 2. The average Bonchev–Trinajstić information content (AvgIpc) is 2.96. The molecule has 1 heterocycles. The third kappa shape index (κ3) is 5.49. The Morgan fingerprint density at radius 2 is 2.25 bits per heavy atom. The van der Waals surface area contributed by atoms with Gasteiger partial charge in [-0.05, 0) is 30.1 Å². The number of imidazole rings is 1. The van der Waals surface area contributed by atoms with Gasteiger partial charge in [0.2, 0.25) is 6.08 Å². The highest BCUT2D eigenvalue weighted by Gasteiger charge is 2.41. The SMILES string of the molecule is CC1(C)CC(NC(=O)NCCc2cnc[nH]2)CC(C)(CN=C=O)C1. The second-order valence-corrected chi connectivity index (χ2v) is 7.89. The number of carbonyl (C=O) groups excluding carboxylic acids is 2. The third-order valence-electron chi connectivity index (χ3n) is 4.54. The van der Waals surface area contributed by atoms with Crippen LogP contribution in [0.5, 0.6) is 0 Å². The van der Waals surface area contributed by atoms with Gasteiger partial charge in [0.05, 0.1) is 12.9 Å². The van der Waals surface area contributed by atoms with Crippen molar-refractivity contribution in [2.24, 2.45) is 15.8 Å². The summed E-state index contributed by atoms with van der Waals surface area (Å²) < 4.78 is 0. The third-order valence-corrected chi connectivity index (χ3v) is 4.54. The highest BCUT2D eigenvalue weighted by atomic mass is 16.2. The van der Waals surface area contributed by atoms with Gasteiger partial charge in [0.1, 0.15) is 0 Å². The van der Waals surface area contributed by atoms with E-state index in [0.717, 1.165) is 31.4 Å². The number of urea groups is 1. The fraction of sp³-hybridized carbons (Fsp3) is 0.706. The highest BCUT2D eigenvalue weighted by molar-refractivity contribution is 5.74. The van der Waals surface area contributed by atoms with Gasteiger partial charge in [-0.2, -0.15) is 0 Å². The Labute approximate surface area is 142 Å². The Morgan fingerprint density at radius 3 is 2.92 bits per heavy atom. The monoisotopic (exact) mass is 333 g/mol. The van der Waals surface area contributed by atoms with E-state index in [4.69, 9.17) is 0 Å². The summed E-state index contributed by atoms with van der Waals surface area (Å²) in [6.07, 6.45) is 8.44. The molecule has 0 saturated heterocycles. The van der Waals surface area contributed by atoms with E-state index >= 15 is 0 Å². The van der Waals surface area contributed by atoms with E-state index in [0.29, 0.717) is 13.1 Å². The van der Waals surface area contributed by atoms with Crippen LogP contribution in [0.4, 0.5) is 4.79 Å². The van der Waals surface area contributed by atoms with Crippen molar-refractivity contribution in [3.63, 3.8) is 0 Å². The Hall–Kier alpha value is -2.14. The summed E-state index contributed by atoms with van der Waals surface area (Å²) in [6, 6.07) is -0.0776. The van der Waals surface area contributed by atoms with Gasteiger partial charge in [0.25, 0.3) is 0 Å². The van der Waals surface area contributed by atoms with Gasteiger partial charge >= 0.3 is 6.03 Å². The standard InChI is InChI=1S/C17H27N5O2/c1-16(2)6-14(7-17(3,9-16)10-19-12-23)22-15(24)20-5-4-13-8-18-11-21-13/h8,11,14H,4-7,9-10H2,1-3H3,(H,18,21)(H2,20,22,24). The van der Waals surface area contributed by atoms with Crippen molar-refractivity contribution in [3.05, 3.63) is 18.2 Å². The van der Waals surface area contributed by atoms with E-state index in [9.17, 15) is 9.59 Å². The van der Waals surface area contributed by atoms with Gasteiger partial charge < -0.3 is 15.6 Å². The minimum atomic E-state index is -0.154. The van der Waals surface area contributed by atoms with E-state index in [1.807, 2.05) is 0 Å². The lowest BCUT2D eigenvalue weighted by molar-refractivity contribution is 0.0807. The van der Waals surface area contributed by atoms with Gasteiger partial charge in [0.15, 0.2) is 0 Å². The van der Waals surface area contributed by atoms with Gasteiger partial charge in [-0.25, -0.2) is 19.6 Å². The lowest BCUT2D eigenvalue weighted by Gasteiger charge is -2.46. The van der Waals surface area contributed by atoms with Crippen molar-refractivity contribution in [1.29, 1.82) is 0 Å². The van der Waals surface area contributed by atoms with E-state index in [1.54, 1.807) is 18.6 Å². The van der Waals surface area contributed by atoms with Crippen LogP contribution in [-0.2, 0) is 11.2 Å². The number of hydrogen-bond donors (Lipinski definition) is 3. The minimum absolute atomic E-state index is 0.0766. The van der Waals surface area contributed by atoms with Crippen LogP contribution in [0.15, 0.2) is 17.5 Å². The maximum atomic E-state index is 12.1. The highest BCUT2D eigenvalue weighted by Crippen LogP contribution is 2.46. The summed E-state index contributed by atoms with van der Waals surface area (Å²) >= 11 is 0. The van der Waals surface area contributed by atoms with E-state index in [-0.39, 0.29) is 22.9 Å².